The molecule has 0 amide bonds. The van der Waals surface area contributed by atoms with Gasteiger partial charge in [0.15, 0.2) is 0 Å². The van der Waals surface area contributed by atoms with Crippen molar-refractivity contribution in [1.29, 1.82) is 0 Å². The quantitative estimate of drug-likeness (QED) is 0.439. The predicted octanol–water partition coefficient (Wildman–Crippen LogP) is 9.22. The SMILES string of the molecule is C1=C(C2=CCCCCCCCCCCCC2)/C=C/CCCCCCCC1. The predicted molar refractivity (Wildman–Crippen MR) is 118 cm³/mol. The molecule has 0 unspecified atom stereocenters. The molecule has 2 rings (SSSR count). The highest BCUT2D eigenvalue weighted by atomic mass is 14.1. The zero-order chi connectivity index (χ0) is 18.1. The number of rotatable bonds is 1. The van der Waals surface area contributed by atoms with E-state index in [1.165, 1.54) is 128 Å². The molecular formula is C26H44. The summed E-state index contributed by atoms with van der Waals surface area (Å²) in [4.78, 5) is 0. The maximum Gasteiger partial charge on any atom is -0.0271 e. The van der Waals surface area contributed by atoms with Gasteiger partial charge in [-0.15, -0.1) is 0 Å². The van der Waals surface area contributed by atoms with E-state index in [9.17, 15) is 0 Å². The van der Waals surface area contributed by atoms with Crippen molar-refractivity contribution in [2.75, 3.05) is 0 Å². The van der Waals surface area contributed by atoms with Crippen LogP contribution in [-0.2, 0) is 0 Å². The minimum Gasteiger partial charge on any atom is -0.0839 e. The van der Waals surface area contributed by atoms with Crippen molar-refractivity contribution in [2.45, 2.75) is 128 Å². The van der Waals surface area contributed by atoms with Crippen LogP contribution in [0.4, 0.5) is 0 Å². The largest absolute Gasteiger partial charge is 0.0839 e. The lowest BCUT2D eigenvalue weighted by Gasteiger charge is -2.12. The number of allylic oxidation sites excluding steroid dienone is 6. The Morgan fingerprint density at radius 3 is 1.50 bits per heavy atom. The van der Waals surface area contributed by atoms with E-state index in [1.54, 1.807) is 11.1 Å². The topological polar surface area (TPSA) is 0 Å². The van der Waals surface area contributed by atoms with E-state index in [0.717, 1.165) is 0 Å². The summed E-state index contributed by atoms with van der Waals surface area (Å²) in [5.41, 5.74) is 3.23. The molecule has 0 saturated heterocycles. The summed E-state index contributed by atoms with van der Waals surface area (Å²) in [5, 5.41) is 0. The number of hydrogen-bond donors (Lipinski definition) is 0. The van der Waals surface area contributed by atoms with Gasteiger partial charge in [0.2, 0.25) is 0 Å². The van der Waals surface area contributed by atoms with Gasteiger partial charge in [0.1, 0.15) is 0 Å². The van der Waals surface area contributed by atoms with Gasteiger partial charge in [-0.1, -0.05) is 101 Å². The Kier molecular flexibility index (Phi) is 12.7. The Bertz CT molecular complexity index is 423. The summed E-state index contributed by atoms with van der Waals surface area (Å²) < 4.78 is 0. The van der Waals surface area contributed by atoms with Gasteiger partial charge in [-0.25, -0.2) is 0 Å². The maximum atomic E-state index is 2.60. The van der Waals surface area contributed by atoms with E-state index in [-0.39, 0.29) is 0 Å². The molecule has 0 heterocycles. The standard InChI is InChI=1S/C26H44/c1-2-5-9-13-17-21-25(22-18-14-10-6-3-1)26-23-19-15-11-7-4-8-12-16-20-24-26/h19,21,23-24H,1-18,20,22H2/b23-19+,25-21?,26-24?. The van der Waals surface area contributed by atoms with Crippen LogP contribution in [0.1, 0.15) is 128 Å². The highest BCUT2D eigenvalue weighted by molar-refractivity contribution is 5.39. The minimum absolute atomic E-state index is 1.27. The first kappa shape index (κ1) is 21.5. The van der Waals surface area contributed by atoms with Crippen molar-refractivity contribution in [3.63, 3.8) is 0 Å². The summed E-state index contributed by atoms with van der Waals surface area (Å²) in [6.45, 7) is 0. The highest BCUT2D eigenvalue weighted by Gasteiger charge is 2.05. The van der Waals surface area contributed by atoms with Crippen molar-refractivity contribution < 1.29 is 0 Å². The molecule has 0 fully saturated rings. The van der Waals surface area contributed by atoms with Crippen LogP contribution in [0, 0.1) is 0 Å². The van der Waals surface area contributed by atoms with Crippen LogP contribution in [0.25, 0.3) is 0 Å². The van der Waals surface area contributed by atoms with E-state index in [2.05, 4.69) is 24.3 Å². The Morgan fingerprint density at radius 2 is 0.885 bits per heavy atom. The van der Waals surface area contributed by atoms with Crippen LogP contribution < -0.4 is 0 Å². The molecule has 26 heavy (non-hydrogen) atoms. The van der Waals surface area contributed by atoms with Gasteiger partial charge in [0.25, 0.3) is 0 Å². The summed E-state index contributed by atoms with van der Waals surface area (Å²) in [5.74, 6) is 0. The molecule has 0 bridgehead atoms. The molecule has 0 N–H and O–H groups in total. The zero-order valence-electron chi connectivity index (χ0n) is 17.5. The molecule has 2 aliphatic carbocycles. The lowest BCUT2D eigenvalue weighted by atomic mass is 9.94. The molecule has 0 saturated carbocycles. The molecule has 148 valence electrons. The average Bonchev–Trinajstić information content (AvgIpc) is 2.64. The Morgan fingerprint density at radius 1 is 0.423 bits per heavy atom. The van der Waals surface area contributed by atoms with Crippen LogP contribution in [0.2, 0.25) is 0 Å². The molecule has 0 aromatic heterocycles. The molecule has 0 aliphatic heterocycles. The Hall–Kier alpha value is -0.780. The lowest BCUT2D eigenvalue weighted by Crippen LogP contribution is -1.92. The van der Waals surface area contributed by atoms with Crippen LogP contribution in [0.3, 0.4) is 0 Å². The van der Waals surface area contributed by atoms with Crippen LogP contribution >= 0.6 is 0 Å². The fourth-order valence-electron chi connectivity index (χ4n) is 4.40. The first-order valence-electron chi connectivity index (χ1n) is 12.0. The minimum atomic E-state index is 1.27. The van der Waals surface area contributed by atoms with Gasteiger partial charge in [0, 0.05) is 0 Å². The molecule has 0 aromatic rings. The van der Waals surface area contributed by atoms with Gasteiger partial charge in [-0.05, 0) is 62.5 Å². The van der Waals surface area contributed by atoms with E-state index < -0.39 is 0 Å². The van der Waals surface area contributed by atoms with Gasteiger partial charge in [-0.3, -0.25) is 0 Å². The average molecular weight is 357 g/mol. The molecule has 0 radical (unpaired) electrons. The van der Waals surface area contributed by atoms with Crippen LogP contribution in [0.15, 0.2) is 35.5 Å². The van der Waals surface area contributed by atoms with Crippen molar-refractivity contribution >= 4 is 0 Å². The van der Waals surface area contributed by atoms with E-state index in [4.69, 9.17) is 0 Å². The summed E-state index contributed by atoms with van der Waals surface area (Å²) in [6.07, 6.45) is 38.1. The molecular weight excluding hydrogens is 312 g/mol. The van der Waals surface area contributed by atoms with Crippen molar-refractivity contribution in [3.8, 4) is 0 Å². The molecule has 0 aromatic carbocycles. The van der Waals surface area contributed by atoms with Gasteiger partial charge >= 0.3 is 0 Å². The van der Waals surface area contributed by atoms with E-state index in [0.29, 0.717) is 0 Å². The van der Waals surface area contributed by atoms with Crippen LogP contribution in [-0.4, -0.2) is 0 Å². The second kappa shape index (κ2) is 15.3. The monoisotopic (exact) mass is 356 g/mol. The van der Waals surface area contributed by atoms with Gasteiger partial charge < -0.3 is 0 Å². The van der Waals surface area contributed by atoms with Crippen molar-refractivity contribution in [3.05, 3.63) is 35.5 Å². The molecule has 2 aliphatic rings. The maximum absolute atomic E-state index is 2.60. The molecule has 0 nitrogen and oxygen atoms in total. The Labute approximate surface area is 164 Å². The fourth-order valence-corrected chi connectivity index (χ4v) is 4.40. The van der Waals surface area contributed by atoms with Gasteiger partial charge in [0.05, 0.1) is 0 Å². The molecule has 0 heteroatoms. The summed E-state index contributed by atoms with van der Waals surface area (Å²) in [6, 6.07) is 0. The third-order valence-corrected chi connectivity index (χ3v) is 6.15. The van der Waals surface area contributed by atoms with Crippen molar-refractivity contribution in [1.82, 2.24) is 0 Å². The third kappa shape index (κ3) is 10.4. The highest BCUT2D eigenvalue weighted by Crippen LogP contribution is 2.24. The van der Waals surface area contributed by atoms with E-state index >= 15 is 0 Å². The summed E-state index contributed by atoms with van der Waals surface area (Å²) in [7, 11) is 0. The second-order valence-corrected chi connectivity index (χ2v) is 8.56. The third-order valence-electron chi connectivity index (χ3n) is 6.15. The summed E-state index contributed by atoms with van der Waals surface area (Å²) >= 11 is 0. The fraction of sp³-hybridized carbons (Fsp3) is 0.769. The molecule has 0 atom stereocenters. The smallest absolute Gasteiger partial charge is 0.0271 e. The van der Waals surface area contributed by atoms with Crippen LogP contribution in [0.5, 0.6) is 0 Å². The normalized spacial score (nSPS) is 24.9. The zero-order valence-corrected chi connectivity index (χ0v) is 17.5. The van der Waals surface area contributed by atoms with Gasteiger partial charge in [-0.2, -0.15) is 0 Å². The first-order valence-corrected chi connectivity index (χ1v) is 12.0. The lowest BCUT2D eigenvalue weighted by molar-refractivity contribution is 0.548. The van der Waals surface area contributed by atoms with E-state index in [1.807, 2.05) is 0 Å². The first-order chi connectivity index (χ1) is 13.0. The Balaban J connectivity index is 1.99. The van der Waals surface area contributed by atoms with Crippen molar-refractivity contribution in [2.24, 2.45) is 0 Å². The number of hydrogen-bond acceptors (Lipinski definition) is 0. The second-order valence-electron chi connectivity index (χ2n) is 8.56. The molecule has 0 spiro atoms.